The van der Waals surface area contributed by atoms with Gasteiger partial charge in [0.05, 0.1) is 18.4 Å². The first-order chi connectivity index (χ1) is 6.33. The maximum atomic E-state index is 11.5. The lowest BCUT2D eigenvalue weighted by Gasteiger charge is -2.32. The van der Waals surface area contributed by atoms with Gasteiger partial charge >= 0.3 is 0 Å². The molecule has 2 heterocycles. The second kappa shape index (κ2) is 3.35. The summed E-state index contributed by atoms with van der Waals surface area (Å²) in [5, 5.41) is 14.4. The summed E-state index contributed by atoms with van der Waals surface area (Å²) in [6, 6.07) is 2.42. The average Bonchev–Trinajstić information content (AvgIpc) is 2.64. The van der Waals surface area contributed by atoms with E-state index < -0.39 is 0 Å². The van der Waals surface area contributed by atoms with Gasteiger partial charge in [0.1, 0.15) is 0 Å². The Hall–Kier alpha value is -1.08. The molecule has 3 atom stereocenters. The van der Waals surface area contributed by atoms with Crippen molar-refractivity contribution >= 4 is 5.91 Å². The van der Waals surface area contributed by atoms with Crippen LogP contribution < -0.4 is 10.6 Å². The van der Waals surface area contributed by atoms with Gasteiger partial charge in [-0.25, -0.2) is 0 Å². The van der Waals surface area contributed by atoms with Gasteiger partial charge in [-0.2, -0.15) is 5.26 Å². The molecular formula is C9H13N3O. The van der Waals surface area contributed by atoms with Crippen molar-refractivity contribution in [3.05, 3.63) is 0 Å². The molecule has 2 saturated heterocycles. The highest BCUT2D eigenvalue weighted by atomic mass is 16.2. The lowest BCUT2D eigenvalue weighted by atomic mass is 9.73. The van der Waals surface area contributed by atoms with Crippen molar-refractivity contribution in [2.45, 2.75) is 18.9 Å². The third-order valence-corrected chi connectivity index (χ3v) is 2.98. The van der Waals surface area contributed by atoms with Crippen LogP contribution in [0.4, 0.5) is 0 Å². The molecule has 1 aliphatic carbocycles. The Bertz CT molecular complexity index is 244. The summed E-state index contributed by atoms with van der Waals surface area (Å²) >= 11 is 0. The van der Waals surface area contributed by atoms with Crippen LogP contribution in [0.3, 0.4) is 0 Å². The molecule has 2 bridgehead atoms. The minimum absolute atomic E-state index is 0.126. The topological polar surface area (TPSA) is 64.9 Å². The van der Waals surface area contributed by atoms with E-state index >= 15 is 0 Å². The number of hydrogen-bond donors (Lipinski definition) is 2. The van der Waals surface area contributed by atoms with Gasteiger partial charge in [0, 0.05) is 12.6 Å². The summed E-state index contributed by atoms with van der Waals surface area (Å²) < 4.78 is 0. The van der Waals surface area contributed by atoms with E-state index in [4.69, 9.17) is 5.26 Å². The molecule has 3 rings (SSSR count). The number of carbonyl (C=O) groups is 1. The molecule has 0 spiro atoms. The van der Waals surface area contributed by atoms with Gasteiger partial charge < -0.3 is 10.6 Å². The molecule has 4 heteroatoms. The maximum absolute atomic E-state index is 11.5. The van der Waals surface area contributed by atoms with E-state index in [9.17, 15) is 4.79 Å². The molecule has 0 aromatic carbocycles. The van der Waals surface area contributed by atoms with E-state index in [-0.39, 0.29) is 11.8 Å². The van der Waals surface area contributed by atoms with Gasteiger partial charge in [0.15, 0.2) is 0 Å². The van der Waals surface area contributed by atoms with Crippen molar-refractivity contribution in [2.75, 3.05) is 13.1 Å². The molecule has 2 N–H and O–H groups in total. The van der Waals surface area contributed by atoms with Gasteiger partial charge in [-0.1, -0.05) is 0 Å². The van der Waals surface area contributed by atoms with Crippen molar-refractivity contribution < 1.29 is 4.79 Å². The van der Waals surface area contributed by atoms with E-state index in [2.05, 4.69) is 10.6 Å². The summed E-state index contributed by atoms with van der Waals surface area (Å²) in [5.41, 5.74) is 0. The standard InChI is InChI=1S/C9H13N3O/c10-2-1-3-11-9(13)8-6-4-7(8)12-5-6/h6-8,12H,1,3-5H2,(H,11,13). The predicted octanol–water partition coefficient (Wildman–Crippen LogP) is -0.376. The minimum atomic E-state index is 0.126. The van der Waals surface area contributed by atoms with Crippen LogP contribution in [-0.4, -0.2) is 25.0 Å². The first-order valence-corrected chi connectivity index (χ1v) is 4.71. The third kappa shape index (κ3) is 1.40. The zero-order valence-electron chi connectivity index (χ0n) is 7.42. The molecule has 3 fully saturated rings. The number of nitriles is 1. The molecule has 1 saturated carbocycles. The molecule has 0 radical (unpaired) electrons. The van der Waals surface area contributed by atoms with Gasteiger partial charge in [-0.15, -0.1) is 0 Å². The summed E-state index contributed by atoms with van der Waals surface area (Å²) in [6.45, 7) is 1.48. The average molecular weight is 179 g/mol. The number of nitrogens with zero attached hydrogens (tertiary/aromatic N) is 1. The quantitative estimate of drug-likeness (QED) is 0.581. The number of carbonyl (C=O) groups excluding carboxylic acids is 1. The SMILES string of the molecule is N#CCCNC(=O)C1C2CNC1C2. The van der Waals surface area contributed by atoms with Crippen LogP contribution >= 0.6 is 0 Å². The van der Waals surface area contributed by atoms with E-state index in [0.29, 0.717) is 24.9 Å². The summed E-state index contributed by atoms with van der Waals surface area (Å²) in [6.07, 6.45) is 1.55. The fourth-order valence-corrected chi connectivity index (χ4v) is 2.23. The van der Waals surface area contributed by atoms with Crippen LogP contribution in [-0.2, 0) is 4.79 Å². The van der Waals surface area contributed by atoms with Gasteiger partial charge in [0.2, 0.25) is 5.91 Å². The Kier molecular flexibility index (Phi) is 2.19. The zero-order valence-corrected chi connectivity index (χ0v) is 7.42. The Morgan fingerprint density at radius 1 is 1.69 bits per heavy atom. The second-order valence-electron chi connectivity index (χ2n) is 3.74. The van der Waals surface area contributed by atoms with Gasteiger partial charge in [-0.3, -0.25) is 4.79 Å². The highest BCUT2D eigenvalue weighted by Crippen LogP contribution is 2.39. The monoisotopic (exact) mass is 179 g/mol. The Labute approximate surface area is 77.3 Å². The van der Waals surface area contributed by atoms with E-state index in [0.717, 1.165) is 13.0 Å². The third-order valence-electron chi connectivity index (χ3n) is 2.98. The molecular weight excluding hydrogens is 166 g/mol. The number of amides is 1. The van der Waals surface area contributed by atoms with Gasteiger partial charge in [-0.05, 0) is 18.9 Å². The van der Waals surface area contributed by atoms with Crippen LogP contribution in [0.25, 0.3) is 0 Å². The van der Waals surface area contributed by atoms with Crippen LogP contribution in [0, 0.1) is 23.2 Å². The number of rotatable bonds is 3. The van der Waals surface area contributed by atoms with Gasteiger partial charge in [0.25, 0.3) is 0 Å². The lowest BCUT2D eigenvalue weighted by Crippen LogP contribution is -2.47. The summed E-state index contributed by atoms with van der Waals surface area (Å²) in [5.74, 6) is 0.854. The van der Waals surface area contributed by atoms with Crippen molar-refractivity contribution in [3.63, 3.8) is 0 Å². The highest BCUT2D eigenvalue weighted by molar-refractivity contribution is 5.81. The van der Waals surface area contributed by atoms with Crippen LogP contribution in [0.1, 0.15) is 12.8 Å². The minimum Gasteiger partial charge on any atom is -0.355 e. The molecule has 70 valence electrons. The molecule has 0 aromatic heterocycles. The van der Waals surface area contributed by atoms with Crippen molar-refractivity contribution in [2.24, 2.45) is 11.8 Å². The van der Waals surface area contributed by atoms with Crippen molar-refractivity contribution in [1.82, 2.24) is 10.6 Å². The molecule has 1 amide bonds. The number of hydrogen-bond acceptors (Lipinski definition) is 3. The molecule has 2 aliphatic heterocycles. The van der Waals surface area contributed by atoms with Crippen molar-refractivity contribution in [1.29, 1.82) is 5.26 Å². The molecule has 0 aromatic rings. The first-order valence-electron chi connectivity index (χ1n) is 4.71. The van der Waals surface area contributed by atoms with Crippen molar-refractivity contribution in [3.8, 4) is 6.07 Å². The van der Waals surface area contributed by atoms with E-state index in [1.54, 1.807) is 0 Å². The smallest absolute Gasteiger partial charge is 0.225 e. The van der Waals surface area contributed by atoms with Crippen LogP contribution in [0.5, 0.6) is 0 Å². The second-order valence-corrected chi connectivity index (χ2v) is 3.74. The van der Waals surface area contributed by atoms with E-state index in [1.165, 1.54) is 0 Å². The van der Waals surface area contributed by atoms with Crippen LogP contribution in [0.2, 0.25) is 0 Å². The fraction of sp³-hybridized carbons (Fsp3) is 0.778. The first kappa shape index (κ1) is 8.52. The predicted molar refractivity (Wildman–Crippen MR) is 46.6 cm³/mol. The summed E-state index contributed by atoms with van der Waals surface area (Å²) in [4.78, 5) is 11.5. The number of fused-ring (bicyclic) bond motifs is 1. The lowest BCUT2D eigenvalue weighted by molar-refractivity contribution is -0.129. The maximum Gasteiger partial charge on any atom is 0.225 e. The Morgan fingerprint density at radius 2 is 2.54 bits per heavy atom. The Morgan fingerprint density at radius 3 is 3.08 bits per heavy atom. The van der Waals surface area contributed by atoms with Crippen LogP contribution in [0.15, 0.2) is 0 Å². The molecule has 13 heavy (non-hydrogen) atoms. The molecule has 3 unspecified atom stereocenters. The fourth-order valence-electron chi connectivity index (χ4n) is 2.23. The summed E-state index contributed by atoms with van der Waals surface area (Å²) in [7, 11) is 0. The van der Waals surface area contributed by atoms with E-state index in [1.807, 2.05) is 6.07 Å². The largest absolute Gasteiger partial charge is 0.355 e. The number of nitrogens with one attached hydrogen (secondary N) is 2. The highest BCUT2D eigenvalue weighted by Gasteiger charge is 2.50. The normalized spacial score (nSPS) is 34.8. The molecule has 4 nitrogen and oxygen atoms in total. The Balaban J connectivity index is 1.76. The zero-order chi connectivity index (χ0) is 9.26. The molecule has 3 aliphatic rings.